The van der Waals surface area contributed by atoms with E-state index in [1.54, 1.807) is 0 Å². The number of nitrogens with zero attached hydrogens (tertiary/aromatic N) is 2. The summed E-state index contributed by atoms with van der Waals surface area (Å²) in [5.41, 5.74) is 2.38. The fourth-order valence-corrected chi connectivity index (χ4v) is 2.15. The van der Waals surface area contributed by atoms with Crippen molar-refractivity contribution in [3.05, 3.63) is 17.0 Å². The molecule has 0 aromatic carbocycles. The Morgan fingerprint density at radius 1 is 1.56 bits per heavy atom. The van der Waals surface area contributed by atoms with Crippen LogP contribution in [-0.4, -0.2) is 34.6 Å². The predicted octanol–water partition coefficient (Wildman–Crippen LogP) is 1.75. The average molecular weight is 221 g/mol. The van der Waals surface area contributed by atoms with Crippen molar-refractivity contribution < 1.29 is 4.79 Å². The average Bonchev–Trinajstić information content (AvgIpc) is 2.80. The smallest absolute Gasteiger partial charge is 0.257 e. The van der Waals surface area contributed by atoms with Gasteiger partial charge in [-0.15, -0.1) is 0 Å². The monoisotopic (exact) mass is 221 g/mol. The van der Waals surface area contributed by atoms with Gasteiger partial charge in [0.1, 0.15) is 0 Å². The second-order valence-electron chi connectivity index (χ2n) is 4.97. The Hall–Kier alpha value is -1.32. The van der Waals surface area contributed by atoms with Gasteiger partial charge in [0.05, 0.1) is 11.3 Å². The van der Waals surface area contributed by atoms with Crippen LogP contribution < -0.4 is 0 Å². The number of rotatable bonds is 3. The van der Waals surface area contributed by atoms with Crippen molar-refractivity contribution in [2.75, 3.05) is 13.6 Å². The van der Waals surface area contributed by atoms with E-state index in [-0.39, 0.29) is 5.91 Å². The molecule has 88 valence electrons. The van der Waals surface area contributed by atoms with Crippen LogP contribution in [0.15, 0.2) is 0 Å². The second kappa shape index (κ2) is 3.92. The number of nitrogens with one attached hydrogen (secondary N) is 1. The van der Waals surface area contributed by atoms with Crippen LogP contribution in [0.2, 0.25) is 0 Å². The summed E-state index contributed by atoms with van der Waals surface area (Å²) in [5.74, 6) is 1.56. The van der Waals surface area contributed by atoms with Crippen LogP contribution >= 0.6 is 0 Å². The lowest BCUT2D eigenvalue weighted by atomic mass is 10.1. The number of hydrogen-bond acceptors (Lipinski definition) is 2. The predicted molar refractivity (Wildman–Crippen MR) is 62.3 cm³/mol. The number of carbonyl (C=O) groups is 1. The van der Waals surface area contributed by atoms with Gasteiger partial charge in [0.25, 0.3) is 5.91 Å². The second-order valence-corrected chi connectivity index (χ2v) is 4.97. The fourth-order valence-electron chi connectivity index (χ4n) is 2.15. The van der Waals surface area contributed by atoms with Gasteiger partial charge in [-0.1, -0.05) is 6.92 Å². The summed E-state index contributed by atoms with van der Waals surface area (Å²) in [6.07, 6.45) is 1.25. The van der Waals surface area contributed by atoms with Crippen molar-refractivity contribution in [1.82, 2.24) is 15.1 Å². The van der Waals surface area contributed by atoms with Crippen molar-refractivity contribution in [1.29, 1.82) is 0 Å². The first-order chi connectivity index (χ1) is 7.50. The van der Waals surface area contributed by atoms with E-state index >= 15 is 0 Å². The van der Waals surface area contributed by atoms with Gasteiger partial charge in [-0.2, -0.15) is 5.10 Å². The van der Waals surface area contributed by atoms with Gasteiger partial charge in [-0.3, -0.25) is 9.89 Å². The topological polar surface area (TPSA) is 49.0 Å². The minimum Gasteiger partial charge on any atom is -0.341 e. The number of carbonyl (C=O) groups excluding carboxylic acids is 1. The highest BCUT2D eigenvalue weighted by molar-refractivity contribution is 5.96. The summed E-state index contributed by atoms with van der Waals surface area (Å²) < 4.78 is 0. The summed E-state index contributed by atoms with van der Waals surface area (Å²) in [5, 5.41) is 6.91. The maximum Gasteiger partial charge on any atom is 0.257 e. The molecule has 2 atom stereocenters. The molecule has 0 aliphatic heterocycles. The van der Waals surface area contributed by atoms with Crippen LogP contribution in [0.3, 0.4) is 0 Å². The van der Waals surface area contributed by atoms with E-state index in [4.69, 9.17) is 0 Å². The van der Waals surface area contributed by atoms with Crippen LogP contribution in [-0.2, 0) is 0 Å². The summed E-state index contributed by atoms with van der Waals surface area (Å²) in [6.45, 7) is 6.85. The third-order valence-electron chi connectivity index (χ3n) is 3.47. The highest BCUT2D eigenvalue weighted by Crippen LogP contribution is 2.38. The molecular formula is C12H19N3O. The SMILES string of the molecule is Cc1n[nH]c(C)c1C(=O)N(C)CC1CC1C. The van der Waals surface area contributed by atoms with E-state index < -0.39 is 0 Å². The van der Waals surface area contributed by atoms with Crippen molar-refractivity contribution in [3.63, 3.8) is 0 Å². The molecule has 0 spiro atoms. The molecule has 1 saturated carbocycles. The number of amides is 1. The zero-order chi connectivity index (χ0) is 11.9. The van der Waals surface area contributed by atoms with Crippen LogP contribution in [0.4, 0.5) is 0 Å². The molecule has 2 unspecified atom stereocenters. The van der Waals surface area contributed by atoms with E-state index in [1.807, 2.05) is 25.8 Å². The molecule has 1 aromatic heterocycles. The fraction of sp³-hybridized carbons (Fsp3) is 0.667. The van der Waals surface area contributed by atoms with Gasteiger partial charge in [-0.25, -0.2) is 0 Å². The van der Waals surface area contributed by atoms with Gasteiger partial charge in [-0.05, 0) is 32.1 Å². The Kier molecular flexibility index (Phi) is 2.74. The van der Waals surface area contributed by atoms with Gasteiger partial charge in [0.2, 0.25) is 0 Å². The molecule has 1 aliphatic rings. The van der Waals surface area contributed by atoms with E-state index in [0.29, 0.717) is 5.92 Å². The molecule has 4 nitrogen and oxygen atoms in total. The Labute approximate surface area is 96.0 Å². The van der Waals surface area contributed by atoms with Crippen LogP contribution in [0.1, 0.15) is 35.1 Å². The molecule has 0 saturated heterocycles. The van der Waals surface area contributed by atoms with Crippen LogP contribution in [0.5, 0.6) is 0 Å². The number of aromatic amines is 1. The molecular weight excluding hydrogens is 202 g/mol. The molecule has 1 N–H and O–H groups in total. The lowest BCUT2D eigenvalue weighted by molar-refractivity contribution is 0.0785. The zero-order valence-corrected chi connectivity index (χ0v) is 10.4. The van der Waals surface area contributed by atoms with E-state index in [9.17, 15) is 4.79 Å². The lowest BCUT2D eigenvalue weighted by Crippen LogP contribution is -2.29. The van der Waals surface area contributed by atoms with Crippen LogP contribution in [0.25, 0.3) is 0 Å². The molecule has 1 amide bonds. The maximum atomic E-state index is 12.2. The highest BCUT2D eigenvalue weighted by atomic mass is 16.2. The third-order valence-corrected chi connectivity index (χ3v) is 3.47. The first kappa shape index (κ1) is 11.2. The molecule has 0 radical (unpaired) electrons. The van der Waals surface area contributed by atoms with Gasteiger partial charge in [0, 0.05) is 19.3 Å². The molecule has 0 bridgehead atoms. The number of aromatic nitrogens is 2. The molecule has 1 heterocycles. The Morgan fingerprint density at radius 3 is 2.62 bits per heavy atom. The van der Waals surface area contributed by atoms with Crippen molar-refractivity contribution >= 4 is 5.91 Å². The molecule has 2 rings (SSSR count). The number of H-pyrrole nitrogens is 1. The first-order valence-electron chi connectivity index (χ1n) is 5.77. The largest absolute Gasteiger partial charge is 0.341 e. The Morgan fingerprint density at radius 2 is 2.19 bits per heavy atom. The molecule has 1 fully saturated rings. The van der Waals surface area contributed by atoms with Crippen molar-refractivity contribution in [3.8, 4) is 0 Å². The van der Waals surface area contributed by atoms with E-state index in [1.165, 1.54) is 6.42 Å². The van der Waals surface area contributed by atoms with Gasteiger partial charge in [0.15, 0.2) is 0 Å². The summed E-state index contributed by atoms with van der Waals surface area (Å²) in [7, 11) is 1.87. The van der Waals surface area contributed by atoms with Gasteiger partial charge >= 0.3 is 0 Å². The Bertz CT molecular complexity index is 391. The summed E-state index contributed by atoms with van der Waals surface area (Å²) in [4.78, 5) is 14.0. The maximum absolute atomic E-state index is 12.2. The molecule has 16 heavy (non-hydrogen) atoms. The minimum atomic E-state index is 0.0860. The number of hydrogen-bond donors (Lipinski definition) is 1. The summed E-state index contributed by atoms with van der Waals surface area (Å²) in [6, 6.07) is 0. The molecule has 4 heteroatoms. The minimum absolute atomic E-state index is 0.0860. The quantitative estimate of drug-likeness (QED) is 0.845. The standard InChI is InChI=1S/C12H19N3O/c1-7-5-10(7)6-15(4)12(16)11-8(2)13-14-9(11)3/h7,10H,5-6H2,1-4H3,(H,13,14). The normalized spacial score (nSPS) is 23.2. The lowest BCUT2D eigenvalue weighted by Gasteiger charge is -2.17. The molecule has 1 aromatic rings. The number of aryl methyl sites for hydroxylation is 2. The molecule has 1 aliphatic carbocycles. The zero-order valence-electron chi connectivity index (χ0n) is 10.4. The van der Waals surface area contributed by atoms with Crippen molar-refractivity contribution in [2.45, 2.75) is 27.2 Å². The Balaban J connectivity index is 2.06. The first-order valence-corrected chi connectivity index (χ1v) is 5.77. The van der Waals surface area contributed by atoms with Crippen molar-refractivity contribution in [2.24, 2.45) is 11.8 Å². The third kappa shape index (κ3) is 1.96. The van der Waals surface area contributed by atoms with Gasteiger partial charge < -0.3 is 4.90 Å². The summed E-state index contributed by atoms with van der Waals surface area (Å²) >= 11 is 0. The van der Waals surface area contributed by atoms with E-state index in [0.717, 1.165) is 29.4 Å². The highest BCUT2D eigenvalue weighted by Gasteiger charge is 2.34. The van der Waals surface area contributed by atoms with E-state index in [2.05, 4.69) is 17.1 Å². The van der Waals surface area contributed by atoms with Crippen LogP contribution in [0, 0.1) is 25.7 Å².